The maximum atomic E-state index is 10.3. The summed E-state index contributed by atoms with van der Waals surface area (Å²) in [5.74, 6) is 0.954. The number of rotatable bonds is 4. The SMILES string of the molecule is C=C.C=C(/C=C(\O)c1ccc(OC)cc1)c1ccc(C(C)(C)C)cc1. The molecule has 0 atom stereocenters. The Morgan fingerprint density at radius 1 is 0.920 bits per heavy atom. The second-order valence-electron chi connectivity index (χ2n) is 6.61. The maximum Gasteiger partial charge on any atom is 0.123 e. The molecule has 0 aliphatic carbocycles. The van der Waals surface area contributed by atoms with Gasteiger partial charge in [0.2, 0.25) is 0 Å². The molecule has 0 spiro atoms. The van der Waals surface area contributed by atoms with Crippen LogP contribution in [0.5, 0.6) is 5.75 Å². The van der Waals surface area contributed by atoms with Crippen molar-refractivity contribution in [1.82, 2.24) is 0 Å². The van der Waals surface area contributed by atoms with Gasteiger partial charge in [-0.15, -0.1) is 13.2 Å². The lowest BCUT2D eigenvalue weighted by Crippen LogP contribution is -2.10. The van der Waals surface area contributed by atoms with Crippen LogP contribution in [0.15, 0.2) is 74.3 Å². The minimum atomic E-state index is 0.126. The number of aliphatic hydroxyl groups is 1. The molecule has 0 fully saturated rings. The van der Waals surface area contributed by atoms with Crippen LogP contribution in [0.3, 0.4) is 0 Å². The summed E-state index contributed by atoms with van der Waals surface area (Å²) in [6.07, 6.45) is 1.69. The number of hydrogen-bond donors (Lipinski definition) is 1. The molecule has 0 aliphatic rings. The predicted molar refractivity (Wildman–Crippen MR) is 109 cm³/mol. The summed E-state index contributed by atoms with van der Waals surface area (Å²) in [7, 11) is 1.62. The molecule has 132 valence electrons. The Balaban J connectivity index is 0.00000151. The van der Waals surface area contributed by atoms with Gasteiger partial charge in [-0.05, 0) is 52.5 Å². The zero-order valence-electron chi connectivity index (χ0n) is 15.7. The molecule has 2 aromatic rings. The minimum absolute atomic E-state index is 0.126. The van der Waals surface area contributed by atoms with E-state index in [1.165, 1.54) is 5.56 Å². The molecule has 0 aromatic heterocycles. The molecule has 0 saturated heterocycles. The average Bonchev–Trinajstić information content (AvgIpc) is 2.62. The lowest BCUT2D eigenvalue weighted by atomic mass is 9.86. The van der Waals surface area contributed by atoms with E-state index in [9.17, 15) is 5.11 Å². The van der Waals surface area contributed by atoms with Crippen molar-refractivity contribution in [3.63, 3.8) is 0 Å². The van der Waals surface area contributed by atoms with Crippen molar-refractivity contribution in [2.24, 2.45) is 0 Å². The van der Waals surface area contributed by atoms with Crippen molar-refractivity contribution < 1.29 is 9.84 Å². The lowest BCUT2D eigenvalue weighted by Gasteiger charge is -2.19. The largest absolute Gasteiger partial charge is 0.507 e. The molecule has 25 heavy (non-hydrogen) atoms. The Labute approximate surface area is 151 Å². The second kappa shape index (κ2) is 8.93. The van der Waals surface area contributed by atoms with Gasteiger partial charge in [-0.1, -0.05) is 51.6 Å². The molecule has 2 heteroatoms. The van der Waals surface area contributed by atoms with Crippen LogP contribution in [-0.4, -0.2) is 12.2 Å². The lowest BCUT2D eigenvalue weighted by molar-refractivity contribution is 0.414. The molecule has 0 aliphatic heterocycles. The van der Waals surface area contributed by atoms with E-state index in [2.05, 4.69) is 52.6 Å². The highest BCUT2D eigenvalue weighted by atomic mass is 16.5. The Hall–Kier alpha value is -2.74. The number of benzene rings is 2. The molecule has 0 heterocycles. The normalized spacial score (nSPS) is 11.3. The first-order chi connectivity index (χ1) is 11.8. The number of methoxy groups -OCH3 is 1. The van der Waals surface area contributed by atoms with Crippen molar-refractivity contribution in [3.8, 4) is 5.75 Å². The van der Waals surface area contributed by atoms with Crippen molar-refractivity contribution in [1.29, 1.82) is 0 Å². The molecule has 0 amide bonds. The van der Waals surface area contributed by atoms with E-state index in [4.69, 9.17) is 4.74 Å². The molecular formula is C23H28O2. The van der Waals surface area contributed by atoms with E-state index in [1.807, 2.05) is 36.4 Å². The topological polar surface area (TPSA) is 29.5 Å². The van der Waals surface area contributed by atoms with E-state index >= 15 is 0 Å². The first kappa shape index (κ1) is 20.3. The van der Waals surface area contributed by atoms with E-state index in [0.717, 1.165) is 22.4 Å². The molecule has 2 nitrogen and oxygen atoms in total. The van der Waals surface area contributed by atoms with Crippen LogP contribution in [0.1, 0.15) is 37.5 Å². The van der Waals surface area contributed by atoms with Gasteiger partial charge in [0.05, 0.1) is 7.11 Å². The van der Waals surface area contributed by atoms with E-state index in [1.54, 1.807) is 13.2 Å². The molecule has 0 radical (unpaired) electrons. The maximum absolute atomic E-state index is 10.3. The van der Waals surface area contributed by atoms with Crippen LogP contribution < -0.4 is 4.74 Å². The summed E-state index contributed by atoms with van der Waals surface area (Å²) in [6, 6.07) is 15.6. The second-order valence-corrected chi connectivity index (χ2v) is 6.61. The summed E-state index contributed by atoms with van der Waals surface area (Å²) < 4.78 is 5.12. The van der Waals surface area contributed by atoms with E-state index in [0.29, 0.717) is 0 Å². The average molecular weight is 336 g/mol. The quantitative estimate of drug-likeness (QED) is 0.397. The van der Waals surface area contributed by atoms with Gasteiger partial charge in [0.1, 0.15) is 11.5 Å². The highest BCUT2D eigenvalue weighted by molar-refractivity contribution is 5.80. The fourth-order valence-electron chi connectivity index (χ4n) is 2.28. The predicted octanol–water partition coefficient (Wildman–Crippen LogP) is 6.41. The molecular weight excluding hydrogens is 308 g/mol. The highest BCUT2D eigenvalue weighted by Crippen LogP contribution is 2.25. The standard InChI is InChI=1S/C21H24O2.C2H4/c1-15(16-6-10-18(11-7-16)21(2,3)4)14-20(22)17-8-12-19(23-5)13-9-17;1-2/h6-14,22H,1H2,2-5H3;1-2H2/b20-14-;. The summed E-state index contributed by atoms with van der Waals surface area (Å²) in [5.41, 5.74) is 3.91. The summed E-state index contributed by atoms with van der Waals surface area (Å²) in [5, 5.41) is 10.3. The molecule has 2 aromatic carbocycles. The number of allylic oxidation sites excluding steroid dienone is 2. The smallest absolute Gasteiger partial charge is 0.123 e. The van der Waals surface area contributed by atoms with Gasteiger partial charge in [0.15, 0.2) is 0 Å². The van der Waals surface area contributed by atoms with Crippen LogP contribution in [0.2, 0.25) is 0 Å². The molecule has 0 saturated carbocycles. The highest BCUT2D eigenvalue weighted by Gasteiger charge is 2.13. The fraction of sp³-hybridized carbons (Fsp3) is 0.217. The third-order valence-corrected chi connectivity index (χ3v) is 3.82. The molecule has 0 unspecified atom stereocenters. The van der Waals surface area contributed by atoms with E-state index < -0.39 is 0 Å². The third-order valence-electron chi connectivity index (χ3n) is 3.82. The summed E-state index contributed by atoms with van der Waals surface area (Å²) in [6.45, 7) is 16.6. The van der Waals surface area contributed by atoms with Gasteiger partial charge >= 0.3 is 0 Å². The molecule has 1 N–H and O–H groups in total. The zero-order valence-corrected chi connectivity index (χ0v) is 15.7. The summed E-state index contributed by atoms with van der Waals surface area (Å²) >= 11 is 0. The van der Waals surface area contributed by atoms with Crippen LogP contribution >= 0.6 is 0 Å². The Kier molecular flexibility index (Phi) is 7.25. The number of ether oxygens (including phenoxy) is 1. The van der Waals surface area contributed by atoms with Gasteiger partial charge in [-0.3, -0.25) is 0 Å². The first-order valence-corrected chi connectivity index (χ1v) is 8.16. The zero-order chi connectivity index (χ0) is 19.0. The van der Waals surface area contributed by atoms with Gasteiger partial charge in [-0.2, -0.15) is 0 Å². The minimum Gasteiger partial charge on any atom is -0.507 e. The Morgan fingerprint density at radius 3 is 1.84 bits per heavy atom. The Morgan fingerprint density at radius 2 is 1.40 bits per heavy atom. The van der Waals surface area contributed by atoms with Gasteiger partial charge in [0, 0.05) is 5.56 Å². The van der Waals surface area contributed by atoms with Crippen LogP contribution in [0.25, 0.3) is 11.3 Å². The monoisotopic (exact) mass is 336 g/mol. The van der Waals surface area contributed by atoms with Crippen molar-refractivity contribution in [3.05, 3.63) is 91.0 Å². The number of hydrogen-bond acceptors (Lipinski definition) is 2. The number of aliphatic hydroxyl groups excluding tert-OH is 1. The van der Waals surface area contributed by atoms with Crippen LogP contribution in [-0.2, 0) is 5.41 Å². The first-order valence-electron chi connectivity index (χ1n) is 8.16. The Bertz CT molecular complexity index is 714. The van der Waals surface area contributed by atoms with Crippen LogP contribution in [0, 0.1) is 0 Å². The molecule has 0 bridgehead atoms. The van der Waals surface area contributed by atoms with Gasteiger partial charge in [0.25, 0.3) is 0 Å². The summed E-state index contributed by atoms with van der Waals surface area (Å²) in [4.78, 5) is 0. The van der Waals surface area contributed by atoms with Crippen LogP contribution in [0.4, 0.5) is 0 Å². The third kappa shape index (κ3) is 5.68. The fourth-order valence-corrected chi connectivity index (χ4v) is 2.28. The van der Waals surface area contributed by atoms with Crippen molar-refractivity contribution >= 4 is 11.3 Å². The van der Waals surface area contributed by atoms with Gasteiger partial charge < -0.3 is 9.84 Å². The van der Waals surface area contributed by atoms with Crippen molar-refractivity contribution in [2.45, 2.75) is 26.2 Å². The van der Waals surface area contributed by atoms with Crippen molar-refractivity contribution in [2.75, 3.05) is 7.11 Å². The van der Waals surface area contributed by atoms with Gasteiger partial charge in [-0.25, -0.2) is 0 Å². The van der Waals surface area contributed by atoms with E-state index in [-0.39, 0.29) is 11.2 Å². The molecule has 2 rings (SSSR count).